The minimum atomic E-state index is -1.44. The van der Waals surface area contributed by atoms with Crippen molar-refractivity contribution in [2.75, 3.05) is 5.32 Å². The van der Waals surface area contributed by atoms with Gasteiger partial charge in [0.2, 0.25) is 5.91 Å². The van der Waals surface area contributed by atoms with Crippen LogP contribution < -0.4 is 10.1 Å². The van der Waals surface area contributed by atoms with E-state index in [0.29, 0.717) is 22.6 Å². The molecule has 0 saturated carbocycles. The SMILES string of the molecule is CC(C)Oc1ccc(C(=O)[C@@H]2[C@@H](C(=O)c3ccc(F)cc3)[C@]3(C(=O)Nc4ccccc43)[C@H]3c4ccccc4C=CN23)cc1. The Kier molecular flexibility index (Phi) is 6.27. The topological polar surface area (TPSA) is 75.7 Å². The zero-order valence-electron chi connectivity index (χ0n) is 23.7. The molecule has 3 aliphatic heterocycles. The number of nitrogens with one attached hydrogen (secondary N) is 1. The summed E-state index contributed by atoms with van der Waals surface area (Å²) in [6.45, 7) is 3.85. The number of hydrogen-bond donors (Lipinski definition) is 1. The van der Waals surface area contributed by atoms with Gasteiger partial charge in [-0.05, 0) is 91.2 Å². The second kappa shape index (κ2) is 10.1. The Balaban J connectivity index is 1.47. The molecule has 6 nitrogen and oxygen atoms in total. The van der Waals surface area contributed by atoms with E-state index in [4.69, 9.17) is 4.74 Å². The quantitative estimate of drug-likeness (QED) is 0.264. The van der Waals surface area contributed by atoms with Crippen LogP contribution in [0.3, 0.4) is 0 Å². The summed E-state index contributed by atoms with van der Waals surface area (Å²) >= 11 is 0. The van der Waals surface area contributed by atoms with E-state index in [1.807, 2.05) is 79.6 Å². The van der Waals surface area contributed by atoms with E-state index >= 15 is 0 Å². The number of ether oxygens (including phenoxy) is 1. The summed E-state index contributed by atoms with van der Waals surface area (Å²) in [6, 6.07) is 25.6. The number of benzene rings is 4. The third kappa shape index (κ3) is 4.02. The first kappa shape index (κ1) is 26.8. The number of para-hydroxylation sites is 1. The number of anilines is 1. The van der Waals surface area contributed by atoms with Crippen LogP contribution in [0.25, 0.3) is 6.08 Å². The number of halogens is 1. The van der Waals surface area contributed by atoms with Crippen molar-refractivity contribution >= 4 is 29.2 Å². The Bertz CT molecular complexity index is 1800. The molecule has 4 aromatic carbocycles. The zero-order valence-corrected chi connectivity index (χ0v) is 23.7. The van der Waals surface area contributed by atoms with Gasteiger partial charge in [-0.3, -0.25) is 14.4 Å². The Labute approximate surface area is 248 Å². The van der Waals surface area contributed by atoms with Crippen LogP contribution in [0, 0.1) is 11.7 Å². The van der Waals surface area contributed by atoms with Crippen LogP contribution in [-0.4, -0.2) is 34.5 Å². The number of hydrogen-bond acceptors (Lipinski definition) is 5. The van der Waals surface area contributed by atoms with Crippen LogP contribution >= 0.6 is 0 Å². The van der Waals surface area contributed by atoms with E-state index in [1.165, 1.54) is 24.3 Å². The molecule has 4 aromatic rings. The molecule has 0 aromatic heterocycles. The molecule has 3 aliphatic rings. The van der Waals surface area contributed by atoms with E-state index < -0.39 is 35.0 Å². The van der Waals surface area contributed by atoms with Gasteiger partial charge in [0.1, 0.15) is 23.0 Å². The number of ketones is 2. The summed E-state index contributed by atoms with van der Waals surface area (Å²) in [5.41, 5.74) is 2.23. The van der Waals surface area contributed by atoms with Gasteiger partial charge < -0.3 is 15.0 Å². The summed E-state index contributed by atoms with van der Waals surface area (Å²) in [5.74, 6) is -2.01. The molecule has 214 valence electrons. The van der Waals surface area contributed by atoms with Crippen LogP contribution in [0.15, 0.2) is 103 Å². The third-order valence-electron chi connectivity index (χ3n) is 8.76. The number of carbonyl (C=O) groups excluding carboxylic acids is 3. The number of carbonyl (C=O) groups is 3. The maximum Gasteiger partial charge on any atom is 0.238 e. The van der Waals surface area contributed by atoms with Crippen LogP contribution in [-0.2, 0) is 10.2 Å². The van der Waals surface area contributed by atoms with E-state index in [2.05, 4.69) is 5.32 Å². The number of amides is 1. The molecule has 1 spiro atoms. The molecule has 1 saturated heterocycles. The first-order chi connectivity index (χ1) is 20.8. The molecular formula is C36H29FN2O4. The van der Waals surface area contributed by atoms with Crippen molar-refractivity contribution in [3.05, 3.63) is 137 Å². The second-order valence-corrected chi connectivity index (χ2v) is 11.5. The largest absolute Gasteiger partial charge is 0.491 e. The fraction of sp³-hybridized carbons (Fsp3) is 0.194. The summed E-state index contributed by atoms with van der Waals surface area (Å²) in [7, 11) is 0. The minimum absolute atomic E-state index is 0.0331. The molecule has 1 N–H and O–H groups in total. The lowest BCUT2D eigenvalue weighted by molar-refractivity contribution is -0.122. The molecule has 43 heavy (non-hydrogen) atoms. The lowest BCUT2D eigenvalue weighted by Gasteiger charge is -2.38. The van der Waals surface area contributed by atoms with Crippen LogP contribution in [0.5, 0.6) is 5.75 Å². The summed E-state index contributed by atoms with van der Waals surface area (Å²) in [6.07, 6.45) is 3.72. The minimum Gasteiger partial charge on any atom is -0.491 e. The van der Waals surface area contributed by atoms with Gasteiger partial charge >= 0.3 is 0 Å². The first-order valence-electron chi connectivity index (χ1n) is 14.4. The van der Waals surface area contributed by atoms with Crippen LogP contribution in [0.1, 0.15) is 57.3 Å². The molecule has 7 rings (SSSR count). The third-order valence-corrected chi connectivity index (χ3v) is 8.76. The van der Waals surface area contributed by atoms with Gasteiger partial charge in [-0.25, -0.2) is 4.39 Å². The normalized spacial score (nSPS) is 23.1. The van der Waals surface area contributed by atoms with Crippen molar-refractivity contribution in [2.45, 2.75) is 37.5 Å². The average molecular weight is 573 g/mol. The molecule has 0 radical (unpaired) electrons. The van der Waals surface area contributed by atoms with Crippen molar-refractivity contribution in [1.82, 2.24) is 4.90 Å². The summed E-state index contributed by atoms with van der Waals surface area (Å²) < 4.78 is 19.8. The summed E-state index contributed by atoms with van der Waals surface area (Å²) in [4.78, 5) is 45.7. The van der Waals surface area contributed by atoms with Crippen molar-refractivity contribution in [3.8, 4) is 5.75 Å². The molecule has 1 amide bonds. The van der Waals surface area contributed by atoms with E-state index in [-0.39, 0.29) is 23.4 Å². The predicted octanol–water partition coefficient (Wildman–Crippen LogP) is 6.59. The second-order valence-electron chi connectivity index (χ2n) is 11.5. The standard InChI is InChI=1S/C36H29FN2O4/c1-21(2)43-26-17-13-24(14-18-26)33(41)31-30(32(40)23-11-15-25(37)16-12-23)36(28-9-5-6-10-29(28)38-35(36)42)34-27-8-4-3-7-22(27)19-20-39(31)34/h3-21,30-31,34H,1-2H3,(H,38,42)/t30-,31-,34+,36-/m0/s1. The van der Waals surface area contributed by atoms with Crippen molar-refractivity contribution < 1.29 is 23.5 Å². The monoisotopic (exact) mass is 572 g/mol. The fourth-order valence-electron chi connectivity index (χ4n) is 7.10. The smallest absolute Gasteiger partial charge is 0.238 e. The molecule has 7 heteroatoms. The van der Waals surface area contributed by atoms with Crippen molar-refractivity contribution in [3.63, 3.8) is 0 Å². The average Bonchev–Trinajstić information content (AvgIpc) is 3.49. The summed E-state index contributed by atoms with van der Waals surface area (Å²) in [5, 5.41) is 3.03. The Morgan fingerprint density at radius 3 is 2.26 bits per heavy atom. The Morgan fingerprint density at radius 1 is 0.860 bits per heavy atom. The lowest BCUT2D eigenvalue weighted by Crippen LogP contribution is -2.49. The highest BCUT2D eigenvalue weighted by molar-refractivity contribution is 6.16. The molecule has 0 bridgehead atoms. The van der Waals surface area contributed by atoms with Crippen molar-refractivity contribution in [1.29, 1.82) is 0 Å². The van der Waals surface area contributed by atoms with Crippen LogP contribution in [0.4, 0.5) is 10.1 Å². The highest BCUT2D eigenvalue weighted by Crippen LogP contribution is 2.62. The van der Waals surface area contributed by atoms with Gasteiger partial charge in [-0.2, -0.15) is 0 Å². The van der Waals surface area contributed by atoms with Gasteiger partial charge in [-0.15, -0.1) is 0 Å². The first-order valence-corrected chi connectivity index (χ1v) is 14.4. The van der Waals surface area contributed by atoms with Crippen LogP contribution in [0.2, 0.25) is 0 Å². The fourth-order valence-corrected chi connectivity index (χ4v) is 7.10. The van der Waals surface area contributed by atoms with Gasteiger partial charge in [0.25, 0.3) is 0 Å². The number of rotatable bonds is 6. The highest BCUT2D eigenvalue weighted by Gasteiger charge is 2.70. The maximum absolute atomic E-state index is 14.7. The van der Waals surface area contributed by atoms with E-state index in [0.717, 1.165) is 11.1 Å². The predicted molar refractivity (Wildman–Crippen MR) is 161 cm³/mol. The molecule has 3 heterocycles. The molecule has 0 unspecified atom stereocenters. The van der Waals surface area contributed by atoms with E-state index in [9.17, 15) is 18.8 Å². The van der Waals surface area contributed by atoms with Gasteiger partial charge in [0.05, 0.1) is 18.1 Å². The zero-order chi connectivity index (χ0) is 29.9. The van der Waals surface area contributed by atoms with Crippen molar-refractivity contribution in [2.24, 2.45) is 5.92 Å². The van der Waals surface area contributed by atoms with E-state index in [1.54, 1.807) is 24.3 Å². The Hall–Kier alpha value is -5.04. The number of nitrogens with zero attached hydrogens (tertiary/aromatic N) is 1. The number of Topliss-reactive ketones (excluding diaryl/α,β-unsaturated/α-hetero) is 2. The molecular weight excluding hydrogens is 543 g/mol. The number of fused-ring (bicyclic) bond motifs is 6. The molecule has 4 atom stereocenters. The molecule has 0 aliphatic carbocycles. The molecule has 1 fully saturated rings. The lowest BCUT2D eigenvalue weighted by atomic mass is 9.62. The van der Waals surface area contributed by atoms with Gasteiger partial charge in [0.15, 0.2) is 11.6 Å². The maximum atomic E-state index is 14.7. The highest BCUT2D eigenvalue weighted by atomic mass is 19.1. The Morgan fingerprint density at radius 2 is 1.51 bits per heavy atom. The van der Waals surface area contributed by atoms with Gasteiger partial charge in [0, 0.05) is 23.0 Å². The van der Waals surface area contributed by atoms with Gasteiger partial charge in [-0.1, -0.05) is 42.5 Å².